The quantitative estimate of drug-likeness (QED) is 0.627. The predicted octanol–water partition coefficient (Wildman–Crippen LogP) is 2.67. The Morgan fingerprint density at radius 2 is 1.67 bits per heavy atom. The fraction of sp³-hybridized carbons (Fsp3) is 0.600. The lowest BCUT2D eigenvalue weighted by molar-refractivity contribution is -0.146. The Hall–Kier alpha value is -1.84. The lowest BCUT2D eigenvalue weighted by Gasteiger charge is -2.56. The fourth-order valence-corrected chi connectivity index (χ4v) is 6.06. The summed E-state index contributed by atoms with van der Waals surface area (Å²) in [6.45, 7) is 0. The van der Waals surface area contributed by atoms with Crippen LogP contribution in [0.2, 0.25) is 0 Å². The first-order valence-electron chi connectivity index (χ1n) is 9.20. The number of amides is 1. The number of carbonyl (C=O) groups excluding carboxylic acids is 2. The summed E-state index contributed by atoms with van der Waals surface area (Å²) in [6, 6.07) is 0. The van der Waals surface area contributed by atoms with Crippen LogP contribution < -0.4 is 5.32 Å². The molecule has 0 spiro atoms. The summed E-state index contributed by atoms with van der Waals surface area (Å²) < 4.78 is 5.44. The van der Waals surface area contributed by atoms with E-state index in [1.165, 1.54) is 19.3 Å². The number of hydrogen-bond acceptors (Lipinski definition) is 3. The number of fused-ring (bicyclic) bond motifs is 1. The van der Waals surface area contributed by atoms with E-state index < -0.39 is 5.97 Å². The van der Waals surface area contributed by atoms with Crippen LogP contribution in [-0.4, -0.2) is 23.5 Å². The number of rotatable bonds is 2. The van der Waals surface area contributed by atoms with Gasteiger partial charge in [-0.25, -0.2) is 4.79 Å². The molecule has 0 aromatic heterocycles. The number of allylic oxidation sites excluding steroid dienone is 2. The molecule has 1 heterocycles. The van der Waals surface area contributed by atoms with Gasteiger partial charge in [0.25, 0.3) is 5.91 Å². The van der Waals surface area contributed by atoms with Crippen LogP contribution in [-0.2, 0) is 14.3 Å². The molecular formula is C20H23NO3. The zero-order valence-electron chi connectivity index (χ0n) is 13.7. The Bertz CT molecular complexity index is 652. The van der Waals surface area contributed by atoms with Crippen molar-refractivity contribution in [2.24, 2.45) is 23.7 Å². The number of hydrogen-bond donors (Lipinski definition) is 1. The Morgan fingerprint density at radius 1 is 1.04 bits per heavy atom. The topological polar surface area (TPSA) is 55.4 Å². The molecule has 6 rings (SSSR count). The molecule has 4 saturated carbocycles. The second-order valence-electron chi connectivity index (χ2n) is 8.45. The third-order valence-electron chi connectivity index (χ3n) is 6.61. The summed E-state index contributed by atoms with van der Waals surface area (Å²) in [5.74, 6) is 1.55. The van der Waals surface area contributed by atoms with Gasteiger partial charge < -0.3 is 10.1 Å². The van der Waals surface area contributed by atoms with E-state index in [2.05, 4.69) is 5.32 Å². The zero-order chi connectivity index (χ0) is 16.3. The van der Waals surface area contributed by atoms with Crippen molar-refractivity contribution in [2.75, 3.05) is 0 Å². The SMILES string of the molecule is O=C(NC12CC3CC(CC(C3)C1)C2)C1=CC2C=CC=CC2OC1=O. The number of nitrogens with one attached hydrogen (secondary N) is 1. The molecule has 126 valence electrons. The van der Waals surface area contributed by atoms with Gasteiger partial charge >= 0.3 is 5.97 Å². The van der Waals surface area contributed by atoms with Crippen molar-refractivity contribution in [1.29, 1.82) is 0 Å². The number of ether oxygens (including phenoxy) is 1. The van der Waals surface area contributed by atoms with Crippen molar-refractivity contribution in [1.82, 2.24) is 5.32 Å². The van der Waals surface area contributed by atoms with E-state index in [0.29, 0.717) is 0 Å². The number of esters is 1. The minimum Gasteiger partial charge on any atom is -0.453 e. The first kappa shape index (κ1) is 14.5. The molecule has 2 atom stereocenters. The highest BCUT2D eigenvalue weighted by atomic mass is 16.5. The molecule has 6 aliphatic rings. The van der Waals surface area contributed by atoms with Crippen LogP contribution in [0.5, 0.6) is 0 Å². The molecule has 1 N–H and O–H groups in total. The van der Waals surface area contributed by atoms with Crippen molar-refractivity contribution < 1.29 is 14.3 Å². The highest BCUT2D eigenvalue weighted by Gasteiger charge is 2.52. The average Bonchev–Trinajstić information content (AvgIpc) is 2.52. The van der Waals surface area contributed by atoms with Gasteiger partial charge in [0, 0.05) is 11.5 Å². The molecule has 4 nitrogen and oxygen atoms in total. The molecule has 0 aromatic rings. The highest BCUT2D eigenvalue weighted by molar-refractivity contribution is 6.17. The van der Waals surface area contributed by atoms with E-state index in [0.717, 1.165) is 37.0 Å². The third-order valence-corrected chi connectivity index (χ3v) is 6.61. The van der Waals surface area contributed by atoms with E-state index in [4.69, 9.17) is 4.74 Å². The molecule has 4 bridgehead atoms. The molecule has 24 heavy (non-hydrogen) atoms. The monoisotopic (exact) mass is 325 g/mol. The maximum Gasteiger partial charge on any atom is 0.344 e. The van der Waals surface area contributed by atoms with Crippen LogP contribution in [0.1, 0.15) is 38.5 Å². The van der Waals surface area contributed by atoms with Crippen molar-refractivity contribution in [3.63, 3.8) is 0 Å². The van der Waals surface area contributed by atoms with E-state index >= 15 is 0 Å². The first-order chi connectivity index (χ1) is 11.6. The summed E-state index contributed by atoms with van der Waals surface area (Å²) in [5.41, 5.74) is 0.110. The molecule has 0 aromatic carbocycles. The molecule has 4 heteroatoms. The number of carbonyl (C=O) groups is 2. The summed E-state index contributed by atoms with van der Waals surface area (Å²) >= 11 is 0. The molecule has 1 aliphatic heterocycles. The molecule has 2 unspecified atom stereocenters. The maximum absolute atomic E-state index is 12.8. The van der Waals surface area contributed by atoms with Crippen LogP contribution in [0.15, 0.2) is 36.0 Å². The maximum atomic E-state index is 12.8. The summed E-state index contributed by atoms with van der Waals surface area (Å²) in [7, 11) is 0. The lowest BCUT2D eigenvalue weighted by Crippen LogP contribution is -2.60. The van der Waals surface area contributed by atoms with Gasteiger partial charge in [0.1, 0.15) is 11.7 Å². The van der Waals surface area contributed by atoms with Gasteiger partial charge in [-0.15, -0.1) is 0 Å². The van der Waals surface area contributed by atoms with E-state index in [1.807, 2.05) is 24.3 Å². The van der Waals surface area contributed by atoms with Crippen molar-refractivity contribution in [3.8, 4) is 0 Å². The second kappa shape index (κ2) is 5.08. The second-order valence-corrected chi connectivity index (χ2v) is 8.45. The summed E-state index contributed by atoms with van der Waals surface area (Å²) in [5, 5.41) is 3.27. The van der Waals surface area contributed by atoms with Crippen LogP contribution in [0, 0.1) is 23.7 Å². The molecule has 5 aliphatic carbocycles. The van der Waals surface area contributed by atoms with Gasteiger partial charge in [0.05, 0.1) is 0 Å². The zero-order valence-corrected chi connectivity index (χ0v) is 13.7. The molecule has 4 fully saturated rings. The van der Waals surface area contributed by atoms with Gasteiger partial charge in [0.15, 0.2) is 0 Å². The largest absolute Gasteiger partial charge is 0.453 e. The minimum absolute atomic E-state index is 0.0233. The van der Waals surface area contributed by atoms with E-state index in [9.17, 15) is 9.59 Å². The Balaban J connectivity index is 1.37. The van der Waals surface area contributed by atoms with Crippen molar-refractivity contribution in [3.05, 3.63) is 36.0 Å². The fourth-order valence-electron chi connectivity index (χ4n) is 6.06. The minimum atomic E-state index is -0.488. The van der Waals surface area contributed by atoms with Gasteiger partial charge in [-0.1, -0.05) is 24.3 Å². The van der Waals surface area contributed by atoms with Crippen LogP contribution in [0.4, 0.5) is 0 Å². The summed E-state index contributed by atoms with van der Waals surface area (Å²) in [4.78, 5) is 25.1. The molecular weight excluding hydrogens is 302 g/mol. The molecule has 1 amide bonds. The van der Waals surface area contributed by atoms with Crippen LogP contribution >= 0.6 is 0 Å². The van der Waals surface area contributed by atoms with Crippen molar-refractivity contribution >= 4 is 11.9 Å². The highest BCUT2D eigenvalue weighted by Crippen LogP contribution is 2.55. The van der Waals surface area contributed by atoms with Gasteiger partial charge in [-0.2, -0.15) is 0 Å². The van der Waals surface area contributed by atoms with Crippen LogP contribution in [0.3, 0.4) is 0 Å². The Kier molecular flexibility index (Phi) is 3.07. The van der Waals surface area contributed by atoms with E-state index in [1.54, 1.807) is 6.08 Å². The normalized spacial score (nSPS) is 44.8. The van der Waals surface area contributed by atoms with Gasteiger partial charge in [0.2, 0.25) is 0 Å². The third kappa shape index (κ3) is 2.27. The average molecular weight is 325 g/mol. The van der Waals surface area contributed by atoms with Crippen molar-refractivity contribution in [2.45, 2.75) is 50.2 Å². The predicted molar refractivity (Wildman–Crippen MR) is 88.8 cm³/mol. The molecule has 0 saturated heterocycles. The Labute approximate surface area is 142 Å². The first-order valence-corrected chi connectivity index (χ1v) is 9.20. The molecule has 0 radical (unpaired) electrons. The van der Waals surface area contributed by atoms with Gasteiger partial charge in [-0.05, 0) is 62.4 Å². The van der Waals surface area contributed by atoms with E-state index in [-0.39, 0.29) is 29.0 Å². The van der Waals surface area contributed by atoms with Crippen LogP contribution in [0.25, 0.3) is 0 Å². The standard InChI is InChI=1S/C20H23NO3/c22-18(16-8-15-3-1-2-4-17(15)24-19(16)23)21-20-9-12-5-13(10-20)7-14(6-12)11-20/h1-4,8,12-15,17H,5-7,9-11H2,(H,21,22). The Morgan fingerprint density at radius 3 is 2.33 bits per heavy atom. The smallest absolute Gasteiger partial charge is 0.344 e. The van der Waals surface area contributed by atoms with Gasteiger partial charge in [-0.3, -0.25) is 4.79 Å². The summed E-state index contributed by atoms with van der Waals surface area (Å²) in [6.07, 6.45) is 16.4. The lowest BCUT2D eigenvalue weighted by atomic mass is 9.53.